The molecule has 1 fully saturated rings. The maximum atomic E-state index is 12.8. The van der Waals surface area contributed by atoms with Crippen molar-refractivity contribution >= 4 is 60.5 Å². The smallest absolute Gasteiger partial charge is 0.263 e. The van der Waals surface area contributed by atoms with E-state index in [4.69, 9.17) is 17.0 Å². The van der Waals surface area contributed by atoms with Gasteiger partial charge in [-0.2, -0.15) is 0 Å². The maximum absolute atomic E-state index is 12.8. The van der Waals surface area contributed by atoms with Crippen LogP contribution in [0.3, 0.4) is 0 Å². The monoisotopic (exact) mass is 634 g/mol. The zero-order chi connectivity index (χ0) is 30.0. The summed E-state index contributed by atoms with van der Waals surface area (Å²) in [6.07, 6.45) is 4.82. The second-order valence-electron chi connectivity index (χ2n) is 10.0. The molecule has 222 valence electrons. The number of methoxy groups -OCH3 is 1. The van der Waals surface area contributed by atoms with E-state index in [-0.39, 0.29) is 10.0 Å². The molecule has 5 aromatic rings. The third-order valence-electron chi connectivity index (χ3n) is 7.36. The van der Waals surface area contributed by atoms with Crippen molar-refractivity contribution in [3.05, 3.63) is 71.6 Å². The van der Waals surface area contributed by atoms with Gasteiger partial charge in [0.1, 0.15) is 28.5 Å². The van der Waals surface area contributed by atoms with Crippen LogP contribution in [0.1, 0.15) is 17.5 Å². The van der Waals surface area contributed by atoms with Gasteiger partial charge < -0.3 is 19.5 Å². The molecule has 0 unspecified atom stereocenters. The number of anilines is 2. The van der Waals surface area contributed by atoms with Crippen LogP contribution >= 0.6 is 23.6 Å². The molecule has 2 N–H and O–H groups in total. The summed E-state index contributed by atoms with van der Waals surface area (Å²) in [5.41, 5.74) is 3.84. The third kappa shape index (κ3) is 6.17. The first-order valence-corrected chi connectivity index (χ1v) is 16.5. The molecule has 14 heteroatoms. The Morgan fingerprint density at radius 3 is 2.47 bits per heavy atom. The molecule has 3 aromatic heterocycles. The Balaban J connectivity index is 1.09. The van der Waals surface area contributed by atoms with Gasteiger partial charge in [0.2, 0.25) is 5.13 Å². The fourth-order valence-electron chi connectivity index (χ4n) is 5.04. The van der Waals surface area contributed by atoms with Crippen LogP contribution in [0.25, 0.3) is 22.2 Å². The van der Waals surface area contributed by atoms with Crippen molar-refractivity contribution < 1.29 is 13.2 Å². The van der Waals surface area contributed by atoms with Crippen molar-refractivity contribution in [1.29, 1.82) is 0 Å². The first-order chi connectivity index (χ1) is 20.8. The average Bonchev–Trinajstić information content (AvgIpc) is 3.68. The predicted octanol–water partition coefficient (Wildman–Crippen LogP) is 4.54. The first kappa shape index (κ1) is 29.0. The summed E-state index contributed by atoms with van der Waals surface area (Å²) in [7, 11) is -2.09. The quantitative estimate of drug-likeness (QED) is 0.223. The van der Waals surface area contributed by atoms with E-state index in [1.807, 2.05) is 37.4 Å². The third-order valence-corrected chi connectivity index (χ3v) is 10.2. The fourth-order valence-corrected chi connectivity index (χ4v) is 7.30. The Morgan fingerprint density at radius 1 is 1.05 bits per heavy atom. The molecule has 2 aromatic carbocycles. The van der Waals surface area contributed by atoms with Crippen LogP contribution < -0.4 is 14.4 Å². The maximum Gasteiger partial charge on any atom is 0.263 e. The second kappa shape index (κ2) is 12.2. The molecule has 1 saturated heterocycles. The summed E-state index contributed by atoms with van der Waals surface area (Å²) in [4.78, 5) is 17.9. The lowest BCUT2D eigenvalue weighted by Gasteiger charge is -2.37. The summed E-state index contributed by atoms with van der Waals surface area (Å²) >= 11 is 7.04. The molecule has 0 bridgehead atoms. The molecular formula is C29H30N8O3S3. The van der Waals surface area contributed by atoms with E-state index in [9.17, 15) is 8.42 Å². The summed E-state index contributed by atoms with van der Waals surface area (Å²) in [6.45, 7) is 4.97. The van der Waals surface area contributed by atoms with E-state index in [2.05, 4.69) is 39.7 Å². The number of H-pyrrole nitrogens is 1. The molecule has 1 aliphatic rings. The Kier molecular flexibility index (Phi) is 8.23. The number of fused-ring (bicyclic) bond motifs is 1. The molecule has 0 radical (unpaired) electrons. The molecule has 0 atom stereocenters. The fraction of sp³-hybridized carbons (Fsp3) is 0.276. The van der Waals surface area contributed by atoms with Gasteiger partial charge in [-0.1, -0.05) is 54.7 Å². The van der Waals surface area contributed by atoms with Crippen LogP contribution in [0.15, 0.2) is 66.0 Å². The standard InChI is InChI=1S/C29H30N8O3S3/c1-3-24-33-34-29(42-24)35-43(38,39)22-10-4-19(5-11-22)16-25(41)36-12-14-37(15-13-36)28-26-23(17-30-27(26)31-18-32-28)20-6-8-21(40-2)9-7-20/h4-11,17-18H,3,12-16H2,1-2H3,(H,34,35)(H,30,31,32). The summed E-state index contributed by atoms with van der Waals surface area (Å²) in [5.74, 6) is 1.70. The van der Waals surface area contributed by atoms with Crippen LogP contribution in [0.2, 0.25) is 0 Å². The molecule has 11 nitrogen and oxygen atoms in total. The zero-order valence-corrected chi connectivity index (χ0v) is 26.1. The Morgan fingerprint density at radius 2 is 1.79 bits per heavy atom. The summed E-state index contributed by atoms with van der Waals surface area (Å²) in [6, 6.07) is 14.8. The van der Waals surface area contributed by atoms with E-state index >= 15 is 0 Å². The van der Waals surface area contributed by atoms with Gasteiger partial charge in [0.05, 0.1) is 22.4 Å². The number of benzene rings is 2. The Bertz CT molecular complexity index is 1850. The number of rotatable bonds is 9. The van der Waals surface area contributed by atoms with Gasteiger partial charge in [-0.15, -0.1) is 10.2 Å². The largest absolute Gasteiger partial charge is 0.497 e. The van der Waals surface area contributed by atoms with Crippen LogP contribution in [0.5, 0.6) is 5.75 Å². The minimum absolute atomic E-state index is 0.166. The topological polar surface area (TPSA) is 129 Å². The first-order valence-electron chi connectivity index (χ1n) is 13.8. The normalized spacial score (nSPS) is 13.8. The van der Waals surface area contributed by atoms with Gasteiger partial charge in [0, 0.05) is 44.4 Å². The number of sulfonamides is 1. The van der Waals surface area contributed by atoms with Crippen LogP contribution in [-0.2, 0) is 22.9 Å². The summed E-state index contributed by atoms with van der Waals surface area (Å²) < 4.78 is 33.4. The van der Waals surface area contributed by atoms with E-state index in [1.165, 1.54) is 11.3 Å². The van der Waals surface area contributed by atoms with Crippen LogP contribution in [0, 0.1) is 0 Å². The number of aromatic nitrogens is 5. The molecule has 0 aliphatic carbocycles. The zero-order valence-electron chi connectivity index (χ0n) is 23.6. The minimum Gasteiger partial charge on any atom is -0.497 e. The van der Waals surface area contributed by atoms with Crippen LogP contribution in [0.4, 0.5) is 10.9 Å². The second-order valence-corrected chi connectivity index (χ2v) is 13.2. The number of piperazine rings is 1. The highest BCUT2D eigenvalue weighted by Crippen LogP contribution is 2.34. The lowest BCUT2D eigenvalue weighted by Crippen LogP contribution is -2.49. The summed E-state index contributed by atoms with van der Waals surface area (Å²) in [5, 5.41) is 9.90. The lowest BCUT2D eigenvalue weighted by atomic mass is 10.1. The van der Waals surface area contributed by atoms with Crippen molar-refractivity contribution in [3.8, 4) is 16.9 Å². The highest BCUT2D eigenvalue weighted by molar-refractivity contribution is 7.93. The van der Waals surface area contributed by atoms with Crippen LogP contribution in [-0.4, -0.2) is 76.7 Å². The number of aryl methyl sites for hydroxylation is 1. The number of hydrogen-bond acceptors (Lipinski definition) is 10. The predicted molar refractivity (Wildman–Crippen MR) is 173 cm³/mol. The number of thiocarbonyl (C=S) groups is 1. The van der Waals surface area contributed by atoms with Crippen molar-refractivity contribution in [1.82, 2.24) is 30.0 Å². The van der Waals surface area contributed by atoms with Crippen molar-refractivity contribution in [2.24, 2.45) is 0 Å². The van der Waals surface area contributed by atoms with Gasteiger partial charge >= 0.3 is 0 Å². The molecule has 0 amide bonds. The van der Waals surface area contributed by atoms with Crippen molar-refractivity contribution in [2.75, 3.05) is 42.9 Å². The van der Waals surface area contributed by atoms with Gasteiger partial charge in [-0.05, 0) is 41.8 Å². The molecule has 4 heterocycles. The van der Waals surface area contributed by atoms with Gasteiger partial charge in [0.15, 0.2) is 0 Å². The SMILES string of the molecule is CCc1nnc(NS(=O)(=O)c2ccc(CC(=S)N3CCN(c4ncnc5[nH]cc(-c6ccc(OC)cc6)c45)CC3)cc2)s1. The Labute approximate surface area is 259 Å². The van der Waals surface area contributed by atoms with E-state index in [0.29, 0.717) is 12.8 Å². The van der Waals surface area contributed by atoms with Crippen molar-refractivity contribution in [2.45, 2.75) is 24.7 Å². The number of ether oxygens (including phenoxy) is 1. The molecule has 6 rings (SSSR count). The molecule has 1 aliphatic heterocycles. The highest BCUT2D eigenvalue weighted by Gasteiger charge is 2.24. The highest BCUT2D eigenvalue weighted by atomic mass is 32.2. The van der Waals surface area contributed by atoms with E-state index in [1.54, 1.807) is 37.7 Å². The Hall–Kier alpha value is -4.14. The molecule has 0 saturated carbocycles. The number of aromatic amines is 1. The molecule has 43 heavy (non-hydrogen) atoms. The van der Waals surface area contributed by atoms with Gasteiger partial charge in [-0.3, -0.25) is 4.72 Å². The number of nitrogens with zero attached hydrogens (tertiary/aromatic N) is 6. The van der Waals surface area contributed by atoms with Crippen molar-refractivity contribution in [3.63, 3.8) is 0 Å². The molecular weight excluding hydrogens is 605 g/mol. The number of hydrogen-bond donors (Lipinski definition) is 2. The van der Waals surface area contributed by atoms with Gasteiger partial charge in [0.25, 0.3) is 10.0 Å². The lowest BCUT2D eigenvalue weighted by molar-refractivity contribution is 0.386. The average molecular weight is 635 g/mol. The van der Waals surface area contributed by atoms with E-state index in [0.717, 1.165) is 75.5 Å². The molecule has 0 spiro atoms. The van der Waals surface area contributed by atoms with Gasteiger partial charge in [-0.25, -0.2) is 18.4 Å². The number of nitrogens with one attached hydrogen (secondary N) is 2. The van der Waals surface area contributed by atoms with E-state index < -0.39 is 10.0 Å². The minimum atomic E-state index is -3.75.